The van der Waals surface area contributed by atoms with Crippen LogP contribution in [0.3, 0.4) is 0 Å². The molecular weight excluding hydrogens is 385 g/mol. The van der Waals surface area contributed by atoms with E-state index in [0.717, 1.165) is 17.7 Å². The van der Waals surface area contributed by atoms with Gasteiger partial charge in [-0.15, -0.1) is 6.42 Å². The number of halogens is 3. The second-order valence-corrected chi connectivity index (χ2v) is 6.03. The summed E-state index contributed by atoms with van der Waals surface area (Å²) in [5.41, 5.74) is 0.788. The molecule has 154 valence electrons. The first-order chi connectivity index (χ1) is 13.8. The smallest absolute Gasteiger partial charge is 0.416 e. The minimum absolute atomic E-state index is 0.0949. The fraction of sp³-hybridized carbons (Fsp3) is 0.286. The van der Waals surface area contributed by atoms with Gasteiger partial charge in [-0.2, -0.15) is 13.2 Å². The van der Waals surface area contributed by atoms with Crippen molar-refractivity contribution in [3.63, 3.8) is 0 Å². The molecule has 0 radical (unpaired) electrons. The number of benzene rings is 2. The van der Waals surface area contributed by atoms with E-state index < -0.39 is 11.7 Å². The van der Waals surface area contributed by atoms with Crippen molar-refractivity contribution in [3.05, 3.63) is 59.2 Å². The lowest BCUT2D eigenvalue weighted by Crippen LogP contribution is -2.36. The van der Waals surface area contributed by atoms with E-state index in [0.29, 0.717) is 23.5 Å². The Hall–Kier alpha value is -3.34. The quantitative estimate of drug-likeness (QED) is 0.657. The van der Waals surface area contributed by atoms with Crippen molar-refractivity contribution in [2.75, 3.05) is 20.3 Å². The lowest BCUT2D eigenvalue weighted by Gasteiger charge is -2.12. The molecule has 0 spiro atoms. The number of ether oxygens (including phenoxy) is 2. The van der Waals surface area contributed by atoms with Gasteiger partial charge in [-0.25, -0.2) is 4.79 Å². The third kappa shape index (κ3) is 6.96. The van der Waals surface area contributed by atoms with Gasteiger partial charge in [0.05, 0.1) is 12.7 Å². The van der Waals surface area contributed by atoms with Crippen LogP contribution in [0.1, 0.15) is 16.7 Å². The highest BCUT2D eigenvalue weighted by Gasteiger charge is 2.29. The van der Waals surface area contributed by atoms with Gasteiger partial charge < -0.3 is 20.1 Å². The number of rotatable bonds is 8. The van der Waals surface area contributed by atoms with Crippen LogP contribution in [0.4, 0.5) is 18.0 Å². The standard InChI is InChI=1S/C21H21F3N2O3/c1-3-12-29-19-13-16(6-9-18(19)28-2)14-26-20(27)25-11-10-15-4-7-17(8-5-15)21(22,23)24/h1,4-9,13H,10-12,14H2,2H3,(H2,25,26,27). The average Bonchev–Trinajstić information content (AvgIpc) is 2.70. The number of amides is 2. The third-order valence-electron chi connectivity index (χ3n) is 3.97. The van der Waals surface area contributed by atoms with Gasteiger partial charge in [0.2, 0.25) is 0 Å². The average molecular weight is 406 g/mol. The van der Waals surface area contributed by atoms with E-state index in [2.05, 4.69) is 16.6 Å². The summed E-state index contributed by atoms with van der Waals surface area (Å²) in [6, 6.07) is 9.68. The Labute approximate surface area is 167 Å². The SMILES string of the molecule is C#CCOc1cc(CNC(=O)NCCc2ccc(C(F)(F)F)cc2)ccc1OC. The number of urea groups is 1. The van der Waals surface area contributed by atoms with Gasteiger partial charge in [0.1, 0.15) is 6.61 Å². The molecule has 0 saturated heterocycles. The van der Waals surface area contributed by atoms with Gasteiger partial charge in [0.15, 0.2) is 11.5 Å². The van der Waals surface area contributed by atoms with Crippen LogP contribution in [0.2, 0.25) is 0 Å². The molecule has 8 heteroatoms. The van der Waals surface area contributed by atoms with E-state index in [1.807, 2.05) is 0 Å². The molecule has 0 atom stereocenters. The summed E-state index contributed by atoms with van der Waals surface area (Å²) in [6.07, 6.45) is 1.25. The predicted octanol–water partition coefficient (Wildman–Crippen LogP) is 3.77. The van der Waals surface area contributed by atoms with Crippen LogP contribution in [0.5, 0.6) is 11.5 Å². The summed E-state index contributed by atoms with van der Waals surface area (Å²) in [5, 5.41) is 5.36. The molecule has 0 saturated carbocycles. The molecule has 2 aromatic carbocycles. The second-order valence-electron chi connectivity index (χ2n) is 6.03. The Bertz CT molecular complexity index is 859. The van der Waals surface area contributed by atoms with Crippen LogP contribution < -0.4 is 20.1 Å². The second kappa shape index (κ2) is 10.3. The van der Waals surface area contributed by atoms with E-state index in [1.165, 1.54) is 19.2 Å². The first-order valence-corrected chi connectivity index (χ1v) is 8.74. The predicted molar refractivity (Wildman–Crippen MR) is 103 cm³/mol. The maximum atomic E-state index is 12.5. The fourth-order valence-corrected chi connectivity index (χ4v) is 2.49. The summed E-state index contributed by atoms with van der Waals surface area (Å²) in [7, 11) is 1.51. The minimum Gasteiger partial charge on any atom is -0.493 e. The number of carbonyl (C=O) groups is 1. The Morgan fingerprint density at radius 1 is 1.07 bits per heavy atom. The lowest BCUT2D eigenvalue weighted by atomic mass is 10.1. The van der Waals surface area contributed by atoms with Gasteiger partial charge in [0.25, 0.3) is 0 Å². The van der Waals surface area contributed by atoms with Crippen molar-refractivity contribution in [1.29, 1.82) is 0 Å². The number of hydrogen-bond donors (Lipinski definition) is 2. The van der Waals surface area contributed by atoms with E-state index in [9.17, 15) is 18.0 Å². The zero-order valence-corrected chi connectivity index (χ0v) is 15.8. The van der Waals surface area contributed by atoms with Crippen LogP contribution in [0.15, 0.2) is 42.5 Å². The van der Waals surface area contributed by atoms with Crippen molar-refractivity contribution in [1.82, 2.24) is 10.6 Å². The maximum absolute atomic E-state index is 12.5. The van der Waals surface area contributed by atoms with Gasteiger partial charge in [-0.05, 0) is 41.8 Å². The van der Waals surface area contributed by atoms with Crippen LogP contribution >= 0.6 is 0 Å². The number of terminal acetylenes is 1. The van der Waals surface area contributed by atoms with E-state index in [1.54, 1.807) is 18.2 Å². The zero-order chi connectivity index (χ0) is 21.3. The molecule has 0 aliphatic carbocycles. The minimum atomic E-state index is -4.36. The number of hydrogen-bond acceptors (Lipinski definition) is 3. The fourth-order valence-electron chi connectivity index (χ4n) is 2.49. The van der Waals surface area contributed by atoms with E-state index in [-0.39, 0.29) is 25.7 Å². The molecule has 0 aliphatic heterocycles. The number of carbonyl (C=O) groups excluding carboxylic acids is 1. The third-order valence-corrected chi connectivity index (χ3v) is 3.97. The number of alkyl halides is 3. The maximum Gasteiger partial charge on any atom is 0.416 e. The molecule has 2 rings (SSSR count). The van der Waals surface area contributed by atoms with Crippen molar-refractivity contribution in [3.8, 4) is 23.8 Å². The highest BCUT2D eigenvalue weighted by Crippen LogP contribution is 2.29. The van der Waals surface area contributed by atoms with Crippen molar-refractivity contribution in [2.45, 2.75) is 19.1 Å². The molecule has 0 aliphatic rings. The molecule has 0 unspecified atom stereocenters. The van der Waals surface area contributed by atoms with Crippen molar-refractivity contribution in [2.24, 2.45) is 0 Å². The molecule has 0 fully saturated rings. The summed E-state index contributed by atoms with van der Waals surface area (Å²) in [6.45, 7) is 0.635. The molecule has 0 heterocycles. The van der Waals surface area contributed by atoms with Gasteiger partial charge in [-0.1, -0.05) is 24.1 Å². The normalized spacial score (nSPS) is 10.7. The number of methoxy groups -OCH3 is 1. The molecule has 29 heavy (non-hydrogen) atoms. The molecule has 0 aromatic heterocycles. The summed E-state index contributed by atoms with van der Waals surface area (Å²) in [4.78, 5) is 11.9. The lowest BCUT2D eigenvalue weighted by molar-refractivity contribution is -0.137. The van der Waals surface area contributed by atoms with E-state index >= 15 is 0 Å². The van der Waals surface area contributed by atoms with Crippen molar-refractivity contribution < 1.29 is 27.4 Å². The monoisotopic (exact) mass is 406 g/mol. The zero-order valence-electron chi connectivity index (χ0n) is 15.8. The first kappa shape index (κ1) is 22.0. The van der Waals surface area contributed by atoms with Gasteiger partial charge in [-0.3, -0.25) is 0 Å². The van der Waals surface area contributed by atoms with E-state index in [4.69, 9.17) is 15.9 Å². The highest BCUT2D eigenvalue weighted by atomic mass is 19.4. The molecule has 0 bridgehead atoms. The van der Waals surface area contributed by atoms with Crippen LogP contribution in [-0.2, 0) is 19.1 Å². The summed E-state index contributed by atoms with van der Waals surface area (Å²) < 4.78 is 48.2. The molecular formula is C21H21F3N2O3. The molecule has 2 aromatic rings. The topological polar surface area (TPSA) is 59.6 Å². The Morgan fingerprint density at radius 3 is 2.38 bits per heavy atom. The summed E-state index contributed by atoms with van der Waals surface area (Å²) >= 11 is 0. The largest absolute Gasteiger partial charge is 0.493 e. The van der Waals surface area contributed by atoms with Crippen LogP contribution in [0, 0.1) is 12.3 Å². The number of nitrogens with one attached hydrogen (secondary N) is 2. The highest BCUT2D eigenvalue weighted by molar-refractivity contribution is 5.73. The van der Waals surface area contributed by atoms with Crippen molar-refractivity contribution >= 4 is 6.03 Å². The van der Waals surface area contributed by atoms with Crippen LogP contribution in [0.25, 0.3) is 0 Å². The Morgan fingerprint density at radius 2 is 1.76 bits per heavy atom. The first-order valence-electron chi connectivity index (χ1n) is 8.74. The van der Waals surface area contributed by atoms with Gasteiger partial charge >= 0.3 is 12.2 Å². The van der Waals surface area contributed by atoms with Crippen LogP contribution in [-0.4, -0.2) is 26.3 Å². The summed E-state index contributed by atoms with van der Waals surface area (Å²) in [5.74, 6) is 3.38. The van der Waals surface area contributed by atoms with Gasteiger partial charge in [0, 0.05) is 13.1 Å². The molecule has 2 amide bonds. The molecule has 2 N–H and O–H groups in total. The molecule has 5 nitrogen and oxygen atoms in total. The Kier molecular flexibility index (Phi) is 7.78. The Balaban J connectivity index is 1.79.